The van der Waals surface area contributed by atoms with Crippen molar-refractivity contribution < 1.29 is 19.4 Å². The summed E-state index contributed by atoms with van der Waals surface area (Å²) in [6.07, 6.45) is 1.26. The molecular formula is C37H39N3O4. The number of anilines is 1. The van der Waals surface area contributed by atoms with E-state index in [4.69, 9.17) is 4.74 Å². The number of aliphatic hydroxyl groups is 1. The Balaban J connectivity index is 1.60. The van der Waals surface area contributed by atoms with Crippen LogP contribution in [0.25, 0.3) is 0 Å². The summed E-state index contributed by atoms with van der Waals surface area (Å²) in [5.41, 5.74) is 4.72. The molecule has 4 aromatic rings. The maximum atomic E-state index is 15.3. The summed E-state index contributed by atoms with van der Waals surface area (Å²) in [5.74, 6) is 0.559. The summed E-state index contributed by atoms with van der Waals surface area (Å²) in [7, 11) is 5.71. The Bertz CT molecular complexity index is 1670. The van der Waals surface area contributed by atoms with E-state index in [1.807, 2.05) is 115 Å². The largest absolute Gasteiger partial charge is 0.496 e. The third-order valence-corrected chi connectivity index (χ3v) is 9.05. The Kier molecular flexibility index (Phi) is 8.25. The zero-order valence-electron chi connectivity index (χ0n) is 25.6. The number of carbonyl (C=O) groups excluding carboxylic acids is 2. The Labute approximate surface area is 259 Å². The van der Waals surface area contributed by atoms with E-state index in [0.717, 1.165) is 46.5 Å². The molecule has 4 aromatic carbocycles. The Morgan fingerprint density at radius 2 is 1.61 bits per heavy atom. The fourth-order valence-corrected chi connectivity index (χ4v) is 7.03. The van der Waals surface area contributed by atoms with Crippen LogP contribution in [0.1, 0.15) is 50.6 Å². The lowest BCUT2D eigenvalue weighted by atomic mass is 9.61. The number of amides is 2. The van der Waals surface area contributed by atoms with Gasteiger partial charge in [-0.15, -0.1) is 0 Å². The summed E-state index contributed by atoms with van der Waals surface area (Å²) in [6, 6.07) is 30.6. The summed E-state index contributed by atoms with van der Waals surface area (Å²) < 4.78 is 5.70. The molecule has 2 aliphatic rings. The standard InChI is InChI=1S/C37H39N3O4/c1-38(2)21-10-22-39-32-15-8-4-11-28(32)23-37(36(39)43)31-14-7-6-13-30(31)35(42)40(24-29-12-5-9-16-33(29)44-3)34(37)27-19-17-26(25-41)18-20-27/h4-9,11-20,34,41H,10,21-25H2,1-3H3/t34-,37-/m0/s1. The lowest BCUT2D eigenvalue weighted by molar-refractivity contribution is -0.128. The number of nitrogens with zero attached hydrogens (tertiary/aromatic N) is 3. The van der Waals surface area contributed by atoms with Crippen LogP contribution >= 0.6 is 0 Å². The van der Waals surface area contributed by atoms with Gasteiger partial charge in [-0.1, -0.05) is 78.9 Å². The van der Waals surface area contributed by atoms with E-state index in [0.29, 0.717) is 24.3 Å². The second kappa shape index (κ2) is 12.3. The van der Waals surface area contributed by atoms with Crippen molar-refractivity contribution in [2.45, 2.75) is 37.5 Å². The lowest BCUT2D eigenvalue weighted by Gasteiger charge is -2.53. The molecule has 0 saturated heterocycles. The molecular weight excluding hydrogens is 550 g/mol. The van der Waals surface area contributed by atoms with Gasteiger partial charge >= 0.3 is 0 Å². The Morgan fingerprint density at radius 3 is 2.36 bits per heavy atom. The summed E-state index contributed by atoms with van der Waals surface area (Å²) >= 11 is 0. The first-order valence-electron chi connectivity index (χ1n) is 15.2. The van der Waals surface area contributed by atoms with Crippen LogP contribution < -0.4 is 9.64 Å². The van der Waals surface area contributed by atoms with Gasteiger partial charge in [-0.3, -0.25) is 9.59 Å². The minimum absolute atomic E-state index is 0.00355. The highest BCUT2D eigenvalue weighted by Gasteiger charge is 2.59. The van der Waals surface area contributed by atoms with Gasteiger partial charge in [0.1, 0.15) is 11.2 Å². The number of para-hydroxylation sites is 2. The fourth-order valence-electron chi connectivity index (χ4n) is 7.03. The second-order valence-electron chi connectivity index (χ2n) is 12.0. The van der Waals surface area contributed by atoms with Crippen LogP contribution in [-0.2, 0) is 29.8 Å². The van der Waals surface area contributed by atoms with E-state index in [1.165, 1.54) is 0 Å². The minimum atomic E-state index is -1.08. The molecule has 0 bridgehead atoms. The predicted molar refractivity (Wildman–Crippen MR) is 172 cm³/mol. The van der Waals surface area contributed by atoms with E-state index in [-0.39, 0.29) is 25.0 Å². The molecule has 2 aliphatic heterocycles. The van der Waals surface area contributed by atoms with Gasteiger partial charge in [-0.25, -0.2) is 0 Å². The maximum absolute atomic E-state index is 15.3. The van der Waals surface area contributed by atoms with E-state index < -0.39 is 11.5 Å². The molecule has 1 N–H and O–H groups in total. The average molecular weight is 590 g/mol. The number of aliphatic hydroxyl groups excluding tert-OH is 1. The molecule has 2 heterocycles. The van der Waals surface area contributed by atoms with E-state index in [2.05, 4.69) is 11.0 Å². The quantitative estimate of drug-likeness (QED) is 0.285. The number of benzene rings is 4. The molecule has 7 nitrogen and oxygen atoms in total. The van der Waals surface area contributed by atoms with Crippen LogP contribution in [0.4, 0.5) is 5.69 Å². The molecule has 0 radical (unpaired) electrons. The predicted octanol–water partition coefficient (Wildman–Crippen LogP) is 5.36. The van der Waals surface area contributed by atoms with Crippen molar-refractivity contribution in [3.63, 3.8) is 0 Å². The average Bonchev–Trinajstić information content (AvgIpc) is 3.05. The third kappa shape index (κ3) is 5.06. The van der Waals surface area contributed by atoms with Crippen LogP contribution in [0, 0.1) is 0 Å². The smallest absolute Gasteiger partial charge is 0.255 e. The molecule has 44 heavy (non-hydrogen) atoms. The minimum Gasteiger partial charge on any atom is -0.496 e. The van der Waals surface area contributed by atoms with Gasteiger partial charge in [0, 0.05) is 23.4 Å². The van der Waals surface area contributed by atoms with Crippen molar-refractivity contribution in [1.29, 1.82) is 0 Å². The Morgan fingerprint density at radius 1 is 0.909 bits per heavy atom. The Hall–Kier alpha value is -4.46. The van der Waals surface area contributed by atoms with Gasteiger partial charge in [0.15, 0.2) is 0 Å². The van der Waals surface area contributed by atoms with Crippen molar-refractivity contribution in [1.82, 2.24) is 9.80 Å². The summed E-state index contributed by atoms with van der Waals surface area (Å²) in [5, 5.41) is 9.82. The molecule has 0 aliphatic carbocycles. The zero-order chi connectivity index (χ0) is 30.8. The molecule has 6 rings (SSSR count). The highest BCUT2D eigenvalue weighted by molar-refractivity contribution is 6.09. The number of methoxy groups -OCH3 is 1. The molecule has 0 fully saturated rings. The number of carbonyl (C=O) groups is 2. The molecule has 0 saturated carbocycles. The molecule has 226 valence electrons. The zero-order valence-corrected chi connectivity index (χ0v) is 25.6. The fraction of sp³-hybridized carbons (Fsp3) is 0.297. The van der Waals surface area contributed by atoms with Crippen LogP contribution in [0.5, 0.6) is 5.75 Å². The summed E-state index contributed by atoms with van der Waals surface area (Å²) in [6.45, 7) is 1.59. The van der Waals surface area contributed by atoms with Crippen molar-refractivity contribution in [3.8, 4) is 5.75 Å². The topological polar surface area (TPSA) is 73.3 Å². The first-order valence-corrected chi connectivity index (χ1v) is 15.2. The highest BCUT2D eigenvalue weighted by Crippen LogP contribution is 2.54. The molecule has 2 atom stereocenters. The van der Waals surface area contributed by atoms with E-state index in [1.54, 1.807) is 7.11 Å². The maximum Gasteiger partial charge on any atom is 0.255 e. The van der Waals surface area contributed by atoms with Gasteiger partial charge < -0.3 is 24.5 Å². The van der Waals surface area contributed by atoms with Crippen LogP contribution in [0.3, 0.4) is 0 Å². The van der Waals surface area contributed by atoms with E-state index in [9.17, 15) is 9.90 Å². The highest BCUT2D eigenvalue weighted by atomic mass is 16.5. The van der Waals surface area contributed by atoms with Gasteiger partial charge in [-0.2, -0.15) is 0 Å². The normalized spacial score (nSPS) is 19.3. The monoisotopic (exact) mass is 589 g/mol. The number of fused-ring (bicyclic) bond motifs is 3. The van der Waals surface area contributed by atoms with Crippen LogP contribution in [0.2, 0.25) is 0 Å². The summed E-state index contributed by atoms with van der Waals surface area (Å²) in [4.78, 5) is 35.8. The van der Waals surface area contributed by atoms with E-state index >= 15 is 4.79 Å². The van der Waals surface area contributed by atoms with Crippen molar-refractivity contribution in [2.75, 3.05) is 39.2 Å². The van der Waals surface area contributed by atoms with Gasteiger partial charge in [0.2, 0.25) is 5.91 Å². The van der Waals surface area contributed by atoms with Gasteiger partial charge in [0.05, 0.1) is 26.3 Å². The molecule has 0 aromatic heterocycles. The van der Waals surface area contributed by atoms with Crippen molar-refractivity contribution >= 4 is 17.5 Å². The van der Waals surface area contributed by atoms with Crippen molar-refractivity contribution in [3.05, 3.63) is 130 Å². The van der Waals surface area contributed by atoms with Crippen LogP contribution in [-0.4, -0.2) is 61.0 Å². The first-order chi connectivity index (χ1) is 21.4. The molecule has 1 spiro atoms. The molecule has 0 unspecified atom stereocenters. The number of hydrogen-bond acceptors (Lipinski definition) is 5. The molecule has 2 amide bonds. The second-order valence-corrected chi connectivity index (χ2v) is 12.0. The molecule has 7 heteroatoms. The van der Waals surface area contributed by atoms with Crippen LogP contribution in [0.15, 0.2) is 97.1 Å². The third-order valence-electron chi connectivity index (χ3n) is 9.05. The number of ether oxygens (including phenoxy) is 1. The number of rotatable bonds is 9. The first kappa shape index (κ1) is 29.6. The van der Waals surface area contributed by atoms with Crippen molar-refractivity contribution in [2.24, 2.45) is 0 Å². The van der Waals surface area contributed by atoms with Gasteiger partial charge in [-0.05, 0) is 73.9 Å². The SMILES string of the molecule is COc1ccccc1CN1C(=O)c2ccccc2[C@@]2(Cc3ccccc3N(CCCN(C)C)C2=O)[C@@H]1c1ccc(CO)cc1. The van der Waals surface area contributed by atoms with Gasteiger partial charge in [0.25, 0.3) is 5.91 Å². The lowest BCUT2D eigenvalue weighted by Crippen LogP contribution is -2.62. The number of hydrogen-bond donors (Lipinski definition) is 1.